The van der Waals surface area contributed by atoms with Gasteiger partial charge in [-0.05, 0) is 38.1 Å². The quantitative estimate of drug-likeness (QED) is 0.880. The molecule has 0 spiro atoms. The number of hydrogen-bond acceptors (Lipinski definition) is 4. The van der Waals surface area contributed by atoms with E-state index >= 15 is 0 Å². The van der Waals surface area contributed by atoms with Crippen LogP contribution in [0.5, 0.6) is 6.01 Å². The lowest BCUT2D eigenvalue weighted by atomic mass is 10.2. The fraction of sp³-hybridized carbons (Fsp3) is 0.188. The first-order valence-electron chi connectivity index (χ1n) is 6.74. The number of aryl methyl sites for hydroxylation is 2. The number of halogens is 2. The van der Waals surface area contributed by atoms with Gasteiger partial charge in [-0.2, -0.15) is 9.97 Å². The van der Waals surface area contributed by atoms with Crippen molar-refractivity contribution in [1.29, 1.82) is 0 Å². The SMILES string of the molecule is COc1nc(C)c(NC(=O)/C=C/c2cc(F)ccc2F)c(C)n1. The summed E-state index contributed by atoms with van der Waals surface area (Å²) >= 11 is 0. The molecule has 2 aromatic rings. The lowest BCUT2D eigenvalue weighted by Crippen LogP contribution is -2.12. The zero-order chi connectivity index (χ0) is 17.0. The van der Waals surface area contributed by atoms with E-state index in [4.69, 9.17) is 4.74 Å². The van der Waals surface area contributed by atoms with Crippen LogP contribution < -0.4 is 10.1 Å². The summed E-state index contributed by atoms with van der Waals surface area (Å²) in [5.41, 5.74) is 1.50. The minimum atomic E-state index is -0.615. The molecule has 0 fully saturated rings. The number of ether oxygens (including phenoxy) is 1. The van der Waals surface area contributed by atoms with Crippen LogP contribution in [0.2, 0.25) is 0 Å². The second-order valence-electron chi connectivity index (χ2n) is 4.74. The van der Waals surface area contributed by atoms with Gasteiger partial charge >= 0.3 is 6.01 Å². The molecule has 0 atom stereocenters. The molecule has 1 N–H and O–H groups in total. The molecule has 5 nitrogen and oxygen atoms in total. The first-order valence-corrected chi connectivity index (χ1v) is 6.74. The number of methoxy groups -OCH3 is 1. The molecule has 0 unspecified atom stereocenters. The highest BCUT2D eigenvalue weighted by Crippen LogP contribution is 2.19. The van der Waals surface area contributed by atoms with E-state index in [2.05, 4.69) is 15.3 Å². The maximum Gasteiger partial charge on any atom is 0.316 e. The maximum absolute atomic E-state index is 13.5. The van der Waals surface area contributed by atoms with Crippen LogP contribution in [0, 0.1) is 25.5 Å². The lowest BCUT2D eigenvalue weighted by Gasteiger charge is -2.10. The Hall–Kier alpha value is -2.83. The van der Waals surface area contributed by atoms with Gasteiger partial charge in [0.2, 0.25) is 5.91 Å². The average Bonchev–Trinajstić information content (AvgIpc) is 2.51. The van der Waals surface area contributed by atoms with Crippen molar-refractivity contribution in [1.82, 2.24) is 9.97 Å². The Morgan fingerprint density at radius 1 is 1.22 bits per heavy atom. The average molecular weight is 319 g/mol. The van der Waals surface area contributed by atoms with Crippen LogP contribution in [-0.2, 0) is 4.79 Å². The number of nitrogens with zero attached hydrogens (tertiary/aromatic N) is 2. The molecular formula is C16H15F2N3O2. The molecule has 0 bridgehead atoms. The number of benzene rings is 1. The number of hydrogen-bond donors (Lipinski definition) is 1. The molecule has 0 saturated carbocycles. The van der Waals surface area contributed by atoms with Crippen molar-refractivity contribution >= 4 is 17.7 Å². The molecule has 0 radical (unpaired) electrons. The van der Waals surface area contributed by atoms with Gasteiger partial charge < -0.3 is 10.1 Å². The fourth-order valence-corrected chi connectivity index (χ4v) is 1.93. The highest BCUT2D eigenvalue weighted by molar-refractivity contribution is 6.02. The van der Waals surface area contributed by atoms with Crippen molar-refractivity contribution in [3.63, 3.8) is 0 Å². The molecule has 23 heavy (non-hydrogen) atoms. The summed E-state index contributed by atoms with van der Waals surface area (Å²) in [5.74, 6) is -1.70. The number of aromatic nitrogens is 2. The van der Waals surface area contributed by atoms with Gasteiger partial charge in [0, 0.05) is 11.6 Å². The highest BCUT2D eigenvalue weighted by Gasteiger charge is 2.10. The van der Waals surface area contributed by atoms with Gasteiger partial charge in [0.1, 0.15) is 11.6 Å². The summed E-state index contributed by atoms with van der Waals surface area (Å²) in [6.07, 6.45) is 2.31. The standard InChI is InChI=1S/C16H15F2N3O2/c1-9-15(10(2)20-16(19-9)23-3)21-14(22)7-4-11-8-12(17)5-6-13(11)18/h4-8H,1-3H3,(H,21,22)/b7-4+. The van der Waals surface area contributed by atoms with Crippen LogP contribution in [0.1, 0.15) is 17.0 Å². The van der Waals surface area contributed by atoms with Crippen molar-refractivity contribution in [2.75, 3.05) is 12.4 Å². The molecule has 1 heterocycles. The Labute approximate surface area is 132 Å². The molecule has 120 valence electrons. The van der Waals surface area contributed by atoms with E-state index < -0.39 is 17.5 Å². The Morgan fingerprint density at radius 2 is 1.87 bits per heavy atom. The minimum Gasteiger partial charge on any atom is -0.467 e. The second-order valence-corrected chi connectivity index (χ2v) is 4.74. The van der Waals surface area contributed by atoms with E-state index in [-0.39, 0.29) is 11.6 Å². The third-order valence-electron chi connectivity index (χ3n) is 3.05. The second kappa shape index (κ2) is 6.95. The van der Waals surface area contributed by atoms with Crippen molar-refractivity contribution in [3.8, 4) is 6.01 Å². The third kappa shape index (κ3) is 4.09. The van der Waals surface area contributed by atoms with Gasteiger partial charge in [-0.25, -0.2) is 8.78 Å². The van der Waals surface area contributed by atoms with Crippen molar-refractivity contribution in [2.45, 2.75) is 13.8 Å². The van der Waals surface area contributed by atoms with Crippen molar-refractivity contribution < 1.29 is 18.3 Å². The summed E-state index contributed by atoms with van der Waals surface area (Å²) in [6.45, 7) is 3.39. The number of nitrogens with one attached hydrogen (secondary N) is 1. The normalized spacial score (nSPS) is 10.8. The Morgan fingerprint density at radius 3 is 2.48 bits per heavy atom. The molecule has 0 aliphatic heterocycles. The van der Waals surface area contributed by atoms with Crippen molar-refractivity contribution in [2.24, 2.45) is 0 Å². The molecule has 1 aromatic heterocycles. The summed E-state index contributed by atoms with van der Waals surface area (Å²) in [6, 6.07) is 3.22. The topological polar surface area (TPSA) is 64.1 Å². The summed E-state index contributed by atoms with van der Waals surface area (Å²) in [7, 11) is 1.45. The van der Waals surface area contributed by atoms with Crippen LogP contribution >= 0.6 is 0 Å². The smallest absolute Gasteiger partial charge is 0.316 e. The predicted octanol–water partition coefficient (Wildman–Crippen LogP) is 3.03. The van der Waals surface area contributed by atoms with Gasteiger partial charge in [0.15, 0.2) is 0 Å². The van der Waals surface area contributed by atoms with Crippen molar-refractivity contribution in [3.05, 3.63) is 52.9 Å². The van der Waals surface area contributed by atoms with E-state index in [1.54, 1.807) is 13.8 Å². The number of amides is 1. The molecular weight excluding hydrogens is 304 g/mol. The van der Waals surface area contributed by atoms with Crippen LogP contribution in [-0.4, -0.2) is 23.0 Å². The van der Waals surface area contributed by atoms with Gasteiger partial charge in [-0.15, -0.1) is 0 Å². The monoisotopic (exact) mass is 319 g/mol. The zero-order valence-corrected chi connectivity index (χ0v) is 12.9. The summed E-state index contributed by atoms with van der Waals surface area (Å²) in [5, 5.41) is 2.61. The van der Waals surface area contributed by atoms with Crippen LogP contribution in [0.3, 0.4) is 0 Å². The Bertz CT molecular complexity index is 753. The van der Waals surface area contributed by atoms with Gasteiger partial charge in [-0.3, -0.25) is 4.79 Å². The summed E-state index contributed by atoms with van der Waals surface area (Å²) < 4.78 is 31.5. The van der Waals surface area contributed by atoms with Gasteiger partial charge in [0.25, 0.3) is 0 Å². The number of anilines is 1. The molecule has 7 heteroatoms. The number of carbonyl (C=O) groups is 1. The largest absolute Gasteiger partial charge is 0.467 e. The maximum atomic E-state index is 13.5. The van der Waals surface area contributed by atoms with E-state index in [1.165, 1.54) is 13.2 Å². The lowest BCUT2D eigenvalue weighted by molar-refractivity contribution is -0.111. The highest BCUT2D eigenvalue weighted by atomic mass is 19.1. The molecule has 0 aliphatic rings. The van der Waals surface area contributed by atoms with Gasteiger partial charge in [0.05, 0.1) is 24.2 Å². The van der Waals surface area contributed by atoms with E-state index in [0.29, 0.717) is 17.1 Å². The van der Waals surface area contributed by atoms with Crippen LogP contribution in [0.25, 0.3) is 6.08 Å². The Kier molecular flexibility index (Phi) is 5.00. The first kappa shape index (κ1) is 16.5. The minimum absolute atomic E-state index is 0.0143. The van der Waals surface area contributed by atoms with Crippen LogP contribution in [0.4, 0.5) is 14.5 Å². The molecule has 0 aliphatic carbocycles. The molecule has 1 aromatic carbocycles. The van der Waals surface area contributed by atoms with Crippen LogP contribution in [0.15, 0.2) is 24.3 Å². The van der Waals surface area contributed by atoms with Gasteiger partial charge in [-0.1, -0.05) is 0 Å². The number of carbonyl (C=O) groups excluding carboxylic acids is 1. The number of rotatable bonds is 4. The van der Waals surface area contributed by atoms with E-state index in [9.17, 15) is 13.6 Å². The fourth-order valence-electron chi connectivity index (χ4n) is 1.93. The molecule has 0 saturated heterocycles. The summed E-state index contributed by atoms with van der Waals surface area (Å²) in [4.78, 5) is 20.1. The Balaban J connectivity index is 2.17. The molecule has 1 amide bonds. The van der Waals surface area contributed by atoms with E-state index in [1.807, 2.05) is 0 Å². The zero-order valence-electron chi connectivity index (χ0n) is 12.9. The third-order valence-corrected chi connectivity index (χ3v) is 3.05. The predicted molar refractivity (Wildman–Crippen MR) is 82.1 cm³/mol. The van der Waals surface area contributed by atoms with E-state index in [0.717, 1.165) is 24.3 Å². The molecule has 2 rings (SSSR count). The first-order chi connectivity index (χ1) is 10.9.